The second-order valence-electron chi connectivity index (χ2n) is 6.04. The molecule has 1 unspecified atom stereocenters. The van der Waals surface area contributed by atoms with E-state index in [0.29, 0.717) is 24.2 Å². The Labute approximate surface area is 138 Å². The highest BCUT2D eigenvalue weighted by Crippen LogP contribution is 2.42. The number of amides is 2. The first-order valence-corrected chi connectivity index (χ1v) is 8.68. The quantitative estimate of drug-likeness (QED) is 0.904. The van der Waals surface area contributed by atoms with Gasteiger partial charge in [0.1, 0.15) is 10.8 Å². The van der Waals surface area contributed by atoms with Gasteiger partial charge in [0.05, 0.1) is 6.61 Å². The molecule has 1 aliphatic carbocycles. The van der Waals surface area contributed by atoms with Gasteiger partial charge in [-0.1, -0.05) is 29.5 Å². The van der Waals surface area contributed by atoms with E-state index in [0.717, 1.165) is 17.2 Å². The Kier molecular flexibility index (Phi) is 3.87. The minimum atomic E-state index is -0.234. The maximum atomic E-state index is 12.0. The molecule has 2 aromatic rings. The molecule has 0 saturated heterocycles. The van der Waals surface area contributed by atoms with E-state index in [1.165, 1.54) is 29.7 Å². The fraction of sp³-hybridized carbons (Fsp3) is 0.438. The summed E-state index contributed by atoms with van der Waals surface area (Å²) in [4.78, 5) is 12.0. The molecule has 7 heteroatoms. The average Bonchev–Trinajstić information content (AvgIpc) is 3.33. The Balaban J connectivity index is 1.26. The van der Waals surface area contributed by atoms with Crippen LogP contribution in [0.25, 0.3) is 0 Å². The lowest BCUT2D eigenvalue weighted by atomic mass is 9.97. The second kappa shape index (κ2) is 6.16. The van der Waals surface area contributed by atoms with Gasteiger partial charge in [-0.05, 0) is 30.9 Å². The predicted octanol–water partition coefficient (Wildman–Crippen LogP) is 2.79. The van der Waals surface area contributed by atoms with Gasteiger partial charge >= 0.3 is 6.03 Å². The van der Waals surface area contributed by atoms with Crippen molar-refractivity contribution in [2.24, 2.45) is 5.92 Å². The summed E-state index contributed by atoms with van der Waals surface area (Å²) < 4.78 is 5.73. The van der Waals surface area contributed by atoms with Crippen molar-refractivity contribution in [1.29, 1.82) is 0 Å². The van der Waals surface area contributed by atoms with Crippen LogP contribution in [0.15, 0.2) is 24.3 Å². The molecule has 2 aliphatic rings. The van der Waals surface area contributed by atoms with Crippen molar-refractivity contribution in [3.8, 4) is 5.75 Å². The van der Waals surface area contributed by atoms with E-state index in [2.05, 4.69) is 26.9 Å². The Morgan fingerprint density at radius 3 is 3.04 bits per heavy atom. The second-order valence-corrected chi connectivity index (χ2v) is 7.05. The van der Waals surface area contributed by atoms with Gasteiger partial charge in [-0.3, -0.25) is 5.32 Å². The first-order chi connectivity index (χ1) is 11.3. The third-order valence-corrected chi connectivity index (χ3v) is 5.10. The molecule has 1 fully saturated rings. The molecule has 1 aliphatic heterocycles. The summed E-state index contributed by atoms with van der Waals surface area (Å²) in [6.45, 7) is 1.20. The maximum absolute atomic E-state index is 12.0. The standard InChI is InChI=1S/C16H18N4O2S/c21-15(18-16-20-19-14(23-16)11-5-6-11)17-8-10-7-12-3-1-2-4-13(12)22-9-10/h1-4,10-11H,5-9H2,(H2,17,18,20,21). The molecule has 1 aromatic carbocycles. The first kappa shape index (κ1) is 14.4. The number of benzene rings is 1. The van der Waals surface area contributed by atoms with Gasteiger partial charge < -0.3 is 10.1 Å². The van der Waals surface area contributed by atoms with Crippen LogP contribution in [0.5, 0.6) is 5.75 Å². The zero-order chi connectivity index (χ0) is 15.6. The van der Waals surface area contributed by atoms with Crippen LogP contribution in [0.3, 0.4) is 0 Å². The molecule has 120 valence electrons. The monoisotopic (exact) mass is 330 g/mol. The molecule has 2 amide bonds. The number of nitrogens with one attached hydrogen (secondary N) is 2. The number of aromatic nitrogens is 2. The molecule has 0 bridgehead atoms. The van der Waals surface area contributed by atoms with Crippen molar-refractivity contribution < 1.29 is 9.53 Å². The molecular weight excluding hydrogens is 312 g/mol. The molecule has 2 heterocycles. The largest absolute Gasteiger partial charge is 0.493 e. The molecular formula is C16H18N4O2S. The molecule has 1 aromatic heterocycles. The minimum absolute atomic E-state index is 0.234. The highest BCUT2D eigenvalue weighted by Gasteiger charge is 2.27. The lowest BCUT2D eigenvalue weighted by molar-refractivity contribution is 0.215. The molecule has 0 spiro atoms. The number of ether oxygens (including phenoxy) is 1. The maximum Gasteiger partial charge on any atom is 0.321 e. The smallest absolute Gasteiger partial charge is 0.321 e. The molecule has 1 saturated carbocycles. The summed E-state index contributed by atoms with van der Waals surface area (Å²) >= 11 is 1.47. The van der Waals surface area contributed by atoms with Crippen LogP contribution >= 0.6 is 11.3 Å². The Morgan fingerprint density at radius 1 is 1.30 bits per heavy atom. The molecule has 6 nitrogen and oxygen atoms in total. The lowest BCUT2D eigenvalue weighted by Gasteiger charge is -2.25. The number of hydrogen-bond donors (Lipinski definition) is 2. The van der Waals surface area contributed by atoms with Crippen molar-refractivity contribution in [3.63, 3.8) is 0 Å². The highest BCUT2D eigenvalue weighted by molar-refractivity contribution is 7.15. The number of rotatable bonds is 4. The van der Waals surface area contributed by atoms with Crippen LogP contribution in [0.2, 0.25) is 0 Å². The van der Waals surface area contributed by atoms with Crippen molar-refractivity contribution in [2.45, 2.75) is 25.2 Å². The van der Waals surface area contributed by atoms with Crippen LogP contribution in [0.4, 0.5) is 9.93 Å². The fourth-order valence-corrected chi connectivity index (χ4v) is 3.59. The molecule has 23 heavy (non-hydrogen) atoms. The van der Waals surface area contributed by atoms with Crippen molar-refractivity contribution in [1.82, 2.24) is 15.5 Å². The van der Waals surface area contributed by atoms with Gasteiger partial charge in [0.25, 0.3) is 0 Å². The summed E-state index contributed by atoms with van der Waals surface area (Å²) in [5.74, 6) is 1.80. The van der Waals surface area contributed by atoms with E-state index in [-0.39, 0.29) is 11.9 Å². The highest BCUT2D eigenvalue weighted by atomic mass is 32.1. The first-order valence-electron chi connectivity index (χ1n) is 7.87. The van der Waals surface area contributed by atoms with Crippen molar-refractivity contribution in [3.05, 3.63) is 34.8 Å². The summed E-state index contributed by atoms with van der Waals surface area (Å²) in [6.07, 6.45) is 3.29. The van der Waals surface area contributed by atoms with E-state index in [1.807, 2.05) is 18.2 Å². The van der Waals surface area contributed by atoms with Gasteiger partial charge in [-0.2, -0.15) is 0 Å². The van der Waals surface area contributed by atoms with E-state index in [4.69, 9.17) is 4.74 Å². The Morgan fingerprint density at radius 2 is 2.17 bits per heavy atom. The van der Waals surface area contributed by atoms with Gasteiger partial charge in [0, 0.05) is 18.4 Å². The van der Waals surface area contributed by atoms with Gasteiger partial charge in [-0.15, -0.1) is 10.2 Å². The Bertz CT molecular complexity index is 714. The number of hydrogen-bond acceptors (Lipinski definition) is 5. The van der Waals surface area contributed by atoms with Crippen LogP contribution < -0.4 is 15.4 Å². The van der Waals surface area contributed by atoms with Crippen molar-refractivity contribution in [2.75, 3.05) is 18.5 Å². The number of carbonyl (C=O) groups excluding carboxylic acids is 1. The van der Waals surface area contributed by atoms with E-state index >= 15 is 0 Å². The fourth-order valence-electron chi connectivity index (χ4n) is 2.68. The van der Waals surface area contributed by atoms with Crippen molar-refractivity contribution >= 4 is 22.5 Å². The summed E-state index contributed by atoms with van der Waals surface area (Å²) in [6, 6.07) is 7.81. The van der Waals surface area contributed by atoms with E-state index in [9.17, 15) is 4.79 Å². The Hall–Kier alpha value is -2.15. The van der Waals surface area contributed by atoms with Crippen LogP contribution in [-0.4, -0.2) is 29.4 Å². The third kappa shape index (κ3) is 3.44. The van der Waals surface area contributed by atoms with Crippen LogP contribution in [-0.2, 0) is 6.42 Å². The average molecular weight is 330 g/mol. The molecule has 0 radical (unpaired) electrons. The van der Waals surface area contributed by atoms with E-state index in [1.54, 1.807) is 0 Å². The predicted molar refractivity (Wildman–Crippen MR) is 88.0 cm³/mol. The number of urea groups is 1. The van der Waals surface area contributed by atoms with Crippen LogP contribution in [0, 0.1) is 5.92 Å². The van der Waals surface area contributed by atoms with E-state index < -0.39 is 0 Å². The topological polar surface area (TPSA) is 76.1 Å². The SMILES string of the molecule is O=C(NCC1COc2ccccc2C1)Nc1nnc(C2CC2)s1. The number of carbonyl (C=O) groups is 1. The molecule has 1 atom stereocenters. The minimum Gasteiger partial charge on any atom is -0.493 e. The number of anilines is 1. The summed E-state index contributed by atoms with van der Waals surface area (Å²) in [5, 5.41) is 15.4. The summed E-state index contributed by atoms with van der Waals surface area (Å²) in [5.41, 5.74) is 1.20. The van der Waals surface area contributed by atoms with Gasteiger partial charge in [-0.25, -0.2) is 4.79 Å². The number of nitrogens with zero attached hydrogens (tertiary/aromatic N) is 2. The van der Waals surface area contributed by atoms with Gasteiger partial charge in [0.15, 0.2) is 0 Å². The third-order valence-electron chi connectivity index (χ3n) is 4.09. The number of para-hydroxylation sites is 1. The lowest BCUT2D eigenvalue weighted by Crippen LogP contribution is -2.37. The zero-order valence-electron chi connectivity index (χ0n) is 12.6. The molecule has 2 N–H and O–H groups in total. The molecule has 4 rings (SSSR count). The van der Waals surface area contributed by atoms with Gasteiger partial charge in [0.2, 0.25) is 5.13 Å². The summed E-state index contributed by atoms with van der Waals surface area (Å²) in [7, 11) is 0. The normalized spacial score (nSPS) is 19.6. The van der Waals surface area contributed by atoms with Crippen LogP contribution in [0.1, 0.15) is 29.3 Å². The zero-order valence-corrected chi connectivity index (χ0v) is 13.4. The number of fused-ring (bicyclic) bond motifs is 1.